The van der Waals surface area contributed by atoms with Crippen molar-refractivity contribution < 1.29 is 14.6 Å². The zero-order chi connectivity index (χ0) is 14.9. The number of pyridine rings is 1. The molecule has 8 nitrogen and oxygen atoms in total. The molecule has 0 aliphatic rings. The van der Waals surface area contributed by atoms with Gasteiger partial charge in [-0.2, -0.15) is 5.10 Å². The summed E-state index contributed by atoms with van der Waals surface area (Å²) in [5.41, 5.74) is 0.482. The number of nitrogens with zero attached hydrogens (tertiary/aromatic N) is 4. The number of nitrogens with one attached hydrogen (secondary N) is 1. The lowest BCUT2D eigenvalue weighted by atomic mass is 10.2. The van der Waals surface area contributed by atoms with E-state index >= 15 is 0 Å². The van der Waals surface area contributed by atoms with Gasteiger partial charge in [0.05, 0.1) is 18.8 Å². The first-order valence-electron chi connectivity index (χ1n) is 6.59. The molecule has 0 unspecified atom stereocenters. The minimum Gasteiger partial charge on any atom is -0.394 e. The highest BCUT2D eigenvalue weighted by Crippen LogP contribution is 2.03. The molecule has 2 rings (SSSR count). The number of ether oxygens (including phenoxy) is 1. The number of hydrogen-bond acceptors (Lipinski definition) is 6. The molecule has 0 aromatic carbocycles. The van der Waals surface area contributed by atoms with Gasteiger partial charge < -0.3 is 15.2 Å². The van der Waals surface area contributed by atoms with Crippen LogP contribution in [0.4, 0.5) is 0 Å². The van der Waals surface area contributed by atoms with E-state index in [-0.39, 0.29) is 12.5 Å². The minimum atomic E-state index is -0.185. The Labute approximate surface area is 121 Å². The molecule has 2 aromatic heterocycles. The molecule has 1 amide bonds. The fourth-order valence-electron chi connectivity index (χ4n) is 1.63. The zero-order valence-corrected chi connectivity index (χ0v) is 11.5. The average Bonchev–Trinajstić information content (AvgIpc) is 3.05. The molecule has 0 saturated carbocycles. The topological polar surface area (TPSA) is 102 Å². The van der Waals surface area contributed by atoms with E-state index in [4.69, 9.17) is 9.84 Å². The fourth-order valence-corrected chi connectivity index (χ4v) is 1.63. The molecule has 2 heterocycles. The van der Waals surface area contributed by atoms with Gasteiger partial charge in [-0.05, 0) is 18.6 Å². The number of hydrogen-bond donors (Lipinski definition) is 2. The second-order valence-electron chi connectivity index (χ2n) is 4.19. The first kappa shape index (κ1) is 15.1. The van der Waals surface area contributed by atoms with Crippen molar-refractivity contribution in [1.29, 1.82) is 0 Å². The molecule has 0 fully saturated rings. The van der Waals surface area contributed by atoms with Crippen LogP contribution < -0.4 is 5.32 Å². The molecular weight excluding hydrogens is 274 g/mol. The molecule has 0 saturated heterocycles. The molecule has 21 heavy (non-hydrogen) atoms. The fraction of sp³-hybridized carbons (Fsp3) is 0.385. The summed E-state index contributed by atoms with van der Waals surface area (Å²) in [5.74, 6) is 0.413. The first-order chi connectivity index (χ1) is 10.3. The van der Waals surface area contributed by atoms with Crippen LogP contribution in [0, 0.1) is 0 Å². The van der Waals surface area contributed by atoms with E-state index in [0.29, 0.717) is 37.6 Å². The van der Waals surface area contributed by atoms with Crippen LogP contribution in [0.1, 0.15) is 16.8 Å². The lowest BCUT2D eigenvalue weighted by Crippen LogP contribution is -2.25. The highest BCUT2D eigenvalue weighted by molar-refractivity contribution is 5.93. The lowest BCUT2D eigenvalue weighted by molar-refractivity contribution is 0.0867. The minimum absolute atomic E-state index is 0.0101. The lowest BCUT2D eigenvalue weighted by Gasteiger charge is -2.06. The number of aromatic nitrogens is 4. The van der Waals surface area contributed by atoms with E-state index in [9.17, 15) is 4.79 Å². The summed E-state index contributed by atoms with van der Waals surface area (Å²) in [6.45, 7) is 1.34. The van der Waals surface area contributed by atoms with Gasteiger partial charge in [0, 0.05) is 19.3 Å². The second kappa shape index (κ2) is 8.08. The van der Waals surface area contributed by atoms with Crippen molar-refractivity contribution in [3.05, 3.63) is 36.5 Å². The van der Waals surface area contributed by atoms with Crippen molar-refractivity contribution in [2.24, 2.45) is 0 Å². The molecule has 2 N–H and O–H groups in total. The average molecular weight is 291 g/mol. The summed E-state index contributed by atoms with van der Waals surface area (Å²) >= 11 is 0. The van der Waals surface area contributed by atoms with E-state index in [1.165, 1.54) is 23.5 Å². The number of amides is 1. The summed E-state index contributed by atoms with van der Waals surface area (Å²) in [5, 5.41) is 15.3. The predicted octanol–water partition coefficient (Wildman–Crippen LogP) is -0.209. The van der Waals surface area contributed by atoms with Crippen LogP contribution in [0.15, 0.2) is 31.0 Å². The van der Waals surface area contributed by atoms with Crippen molar-refractivity contribution >= 4 is 5.91 Å². The summed E-state index contributed by atoms with van der Waals surface area (Å²) in [4.78, 5) is 19.9. The molecule has 0 atom stereocenters. The van der Waals surface area contributed by atoms with Crippen LogP contribution in [0.3, 0.4) is 0 Å². The van der Waals surface area contributed by atoms with E-state index < -0.39 is 0 Å². The van der Waals surface area contributed by atoms with Gasteiger partial charge in [-0.15, -0.1) is 0 Å². The van der Waals surface area contributed by atoms with Gasteiger partial charge in [0.25, 0.3) is 5.91 Å². The van der Waals surface area contributed by atoms with E-state index in [1.807, 2.05) is 0 Å². The Morgan fingerprint density at radius 1 is 1.38 bits per heavy atom. The Bertz CT molecular complexity index is 541. The summed E-state index contributed by atoms with van der Waals surface area (Å²) < 4.78 is 6.61. The molecule has 0 aliphatic heterocycles. The third-order valence-electron chi connectivity index (χ3n) is 2.65. The first-order valence-corrected chi connectivity index (χ1v) is 6.59. The quantitative estimate of drug-likeness (QED) is 0.653. The van der Waals surface area contributed by atoms with Crippen LogP contribution in [-0.4, -0.2) is 57.1 Å². The van der Waals surface area contributed by atoms with Gasteiger partial charge >= 0.3 is 0 Å². The zero-order valence-electron chi connectivity index (χ0n) is 11.5. The molecule has 0 radical (unpaired) electrons. The SMILES string of the molecule is O=C(NCCCOCCO)c1ccc(-n2cncn2)nc1. The number of carbonyl (C=O) groups is 1. The smallest absolute Gasteiger partial charge is 0.252 e. The molecule has 0 bridgehead atoms. The number of rotatable bonds is 8. The van der Waals surface area contributed by atoms with E-state index in [1.54, 1.807) is 12.1 Å². The molecule has 112 valence electrons. The molecule has 8 heteroatoms. The maximum absolute atomic E-state index is 11.9. The summed E-state index contributed by atoms with van der Waals surface area (Å²) in [6.07, 6.45) is 5.14. The van der Waals surface area contributed by atoms with Gasteiger partial charge in [0.15, 0.2) is 5.82 Å². The highest BCUT2D eigenvalue weighted by atomic mass is 16.5. The summed E-state index contributed by atoms with van der Waals surface area (Å²) in [7, 11) is 0. The largest absolute Gasteiger partial charge is 0.394 e. The maximum Gasteiger partial charge on any atom is 0.252 e. The number of aliphatic hydroxyl groups excluding tert-OH is 1. The Hall–Kier alpha value is -2.32. The van der Waals surface area contributed by atoms with Gasteiger partial charge in [0.1, 0.15) is 12.7 Å². The van der Waals surface area contributed by atoms with Crippen LogP contribution >= 0.6 is 0 Å². The van der Waals surface area contributed by atoms with Crippen LogP contribution in [0.2, 0.25) is 0 Å². The Balaban J connectivity index is 1.78. The maximum atomic E-state index is 11.9. The van der Waals surface area contributed by atoms with E-state index in [2.05, 4.69) is 20.4 Å². The molecular formula is C13H17N5O3. The number of carbonyl (C=O) groups excluding carboxylic acids is 1. The van der Waals surface area contributed by atoms with Crippen molar-refractivity contribution in [3.8, 4) is 5.82 Å². The van der Waals surface area contributed by atoms with Crippen LogP contribution in [-0.2, 0) is 4.74 Å². The van der Waals surface area contributed by atoms with Crippen molar-refractivity contribution in [2.45, 2.75) is 6.42 Å². The van der Waals surface area contributed by atoms with Gasteiger partial charge in [-0.3, -0.25) is 4.79 Å². The molecule has 0 spiro atoms. The summed E-state index contributed by atoms with van der Waals surface area (Å²) in [6, 6.07) is 3.38. The second-order valence-corrected chi connectivity index (χ2v) is 4.19. The Morgan fingerprint density at radius 2 is 2.29 bits per heavy atom. The van der Waals surface area contributed by atoms with E-state index in [0.717, 1.165) is 0 Å². The van der Waals surface area contributed by atoms with Crippen LogP contribution in [0.25, 0.3) is 5.82 Å². The molecule has 0 aliphatic carbocycles. The van der Waals surface area contributed by atoms with Gasteiger partial charge in [0.2, 0.25) is 0 Å². The third kappa shape index (κ3) is 4.62. The van der Waals surface area contributed by atoms with Crippen LogP contribution in [0.5, 0.6) is 0 Å². The molecule has 2 aromatic rings. The predicted molar refractivity (Wildman–Crippen MR) is 74.0 cm³/mol. The van der Waals surface area contributed by atoms with Crippen molar-refractivity contribution in [3.63, 3.8) is 0 Å². The standard InChI is InChI=1S/C13H17N5O3/c19-5-7-21-6-1-4-15-13(20)11-2-3-12(16-8-11)18-10-14-9-17-18/h2-3,8-10,19H,1,4-7H2,(H,15,20). The third-order valence-corrected chi connectivity index (χ3v) is 2.65. The van der Waals surface area contributed by atoms with Crippen molar-refractivity contribution in [2.75, 3.05) is 26.4 Å². The monoisotopic (exact) mass is 291 g/mol. The highest BCUT2D eigenvalue weighted by Gasteiger charge is 2.06. The van der Waals surface area contributed by atoms with Gasteiger partial charge in [-0.25, -0.2) is 14.6 Å². The Kier molecular flexibility index (Phi) is 5.80. The normalized spacial score (nSPS) is 10.5. The van der Waals surface area contributed by atoms with Crippen molar-refractivity contribution in [1.82, 2.24) is 25.1 Å². The number of aliphatic hydroxyl groups is 1. The van der Waals surface area contributed by atoms with Gasteiger partial charge in [-0.1, -0.05) is 0 Å². The Morgan fingerprint density at radius 3 is 2.95 bits per heavy atom.